The number of aryl methyl sites for hydroxylation is 1. The van der Waals surface area contributed by atoms with Gasteiger partial charge in [-0.15, -0.1) is 0 Å². The van der Waals surface area contributed by atoms with Crippen LogP contribution in [0.1, 0.15) is 16.1 Å². The third kappa shape index (κ3) is 2.94. The number of aromatic nitrogens is 1. The van der Waals surface area contributed by atoms with Gasteiger partial charge in [0.05, 0.1) is 16.8 Å². The Kier molecular flexibility index (Phi) is 3.69. The number of pyridine rings is 1. The first-order valence-electron chi connectivity index (χ1n) is 5.65. The van der Waals surface area contributed by atoms with E-state index in [-0.39, 0.29) is 5.56 Å². The largest absolute Gasteiger partial charge is 0.321 e. The van der Waals surface area contributed by atoms with Crippen LogP contribution in [0, 0.1) is 22.9 Å². The molecule has 0 aliphatic carbocycles. The Balaban J connectivity index is 2.19. The smallest absolute Gasteiger partial charge is 0.304 e. The minimum absolute atomic E-state index is 0.00586. The number of nitro groups is 1. The molecule has 1 heterocycles. The molecule has 0 saturated heterocycles. The summed E-state index contributed by atoms with van der Waals surface area (Å²) >= 11 is 0. The number of carbonyl (C=O) groups excluding carboxylic acids is 1. The molecule has 0 fully saturated rings. The fourth-order valence-electron chi connectivity index (χ4n) is 1.54. The SMILES string of the molecule is Cc1ccc(NC(=O)c2ccc([N+](=O)[O-])c(F)c2)cn1. The van der Waals surface area contributed by atoms with Crippen LogP contribution in [0.4, 0.5) is 15.8 Å². The highest BCUT2D eigenvalue weighted by Crippen LogP contribution is 2.18. The van der Waals surface area contributed by atoms with Crippen LogP contribution in [0.2, 0.25) is 0 Å². The number of benzene rings is 1. The number of carbonyl (C=O) groups is 1. The first-order chi connectivity index (χ1) is 9.47. The van der Waals surface area contributed by atoms with E-state index in [1.165, 1.54) is 12.3 Å². The van der Waals surface area contributed by atoms with Crippen LogP contribution in [0.15, 0.2) is 36.5 Å². The molecular weight excluding hydrogens is 265 g/mol. The van der Waals surface area contributed by atoms with Crippen LogP contribution in [-0.2, 0) is 0 Å². The maximum atomic E-state index is 13.4. The number of nitro benzene ring substituents is 1. The van der Waals surface area contributed by atoms with Gasteiger partial charge in [-0.05, 0) is 31.2 Å². The van der Waals surface area contributed by atoms with E-state index in [4.69, 9.17) is 0 Å². The van der Waals surface area contributed by atoms with Crippen LogP contribution >= 0.6 is 0 Å². The van der Waals surface area contributed by atoms with Crippen LogP contribution in [0.5, 0.6) is 0 Å². The van der Waals surface area contributed by atoms with Gasteiger partial charge in [0.15, 0.2) is 0 Å². The topological polar surface area (TPSA) is 85.1 Å². The standard InChI is InChI=1S/C13H10FN3O3/c1-8-2-4-10(7-15-8)16-13(18)9-3-5-12(17(19)20)11(14)6-9/h2-7H,1H3,(H,16,18). The fraction of sp³-hybridized carbons (Fsp3) is 0.0769. The Bertz CT molecular complexity index is 671. The van der Waals surface area contributed by atoms with Crippen molar-refractivity contribution in [3.8, 4) is 0 Å². The summed E-state index contributed by atoms with van der Waals surface area (Å²) in [7, 11) is 0. The van der Waals surface area contributed by atoms with Crippen molar-refractivity contribution in [1.82, 2.24) is 4.98 Å². The second kappa shape index (κ2) is 5.43. The first kappa shape index (κ1) is 13.6. The molecule has 1 amide bonds. The molecule has 0 radical (unpaired) electrons. The lowest BCUT2D eigenvalue weighted by Gasteiger charge is -2.05. The van der Waals surface area contributed by atoms with Gasteiger partial charge in [-0.3, -0.25) is 19.9 Å². The lowest BCUT2D eigenvalue weighted by Crippen LogP contribution is -2.12. The second-order valence-corrected chi connectivity index (χ2v) is 4.07. The van der Waals surface area contributed by atoms with E-state index < -0.39 is 22.3 Å². The van der Waals surface area contributed by atoms with Gasteiger partial charge in [0.1, 0.15) is 0 Å². The Morgan fingerprint density at radius 1 is 1.35 bits per heavy atom. The lowest BCUT2D eigenvalue weighted by molar-refractivity contribution is -0.387. The Morgan fingerprint density at radius 2 is 2.10 bits per heavy atom. The molecule has 0 aliphatic rings. The molecule has 0 saturated carbocycles. The molecule has 0 atom stereocenters. The zero-order valence-corrected chi connectivity index (χ0v) is 10.5. The molecular formula is C13H10FN3O3. The van der Waals surface area contributed by atoms with Crippen molar-refractivity contribution in [3.63, 3.8) is 0 Å². The van der Waals surface area contributed by atoms with Gasteiger partial charge >= 0.3 is 5.69 Å². The molecule has 1 aromatic carbocycles. The number of nitrogens with one attached hydrogen (secondary N) is 1. The first-order valence-corrected chi connectivity index (χ1v) is 5.65. The van der Waals surface area contributed by atoms with Crippen LogP contribution < -0.4 is 5.32 Å². The molecule has 0 unspecified atom stereocenters. The highest BCUT2D eigenvalue weighted by molar-refractivity contribution is 6.04. The van der Waals surface area contributed by atoms with Crippen molar-refractivity contribution < 1.29 is 14.1 Å². The molecule has 2 rings (SSSR count). The third-order valence-corrected chi connectivity index (χ3v) is 2.58. The molecule has 7 heteroatoms. The van der Waals surface area contributed by atoms with Gasteiger partial charge in [0.2, 0.25) is 5.82 Å². The summed E-state index contributed by atoms with van der Waals surface area (Å²) in [6.07, 6.45) is 1.47. The van der Waals surface area contributed by atoms with E-state index in [9.17, 15) is 19.3 Å². The molecule has 102 valence electrons. The summed E-state index contributed by atoms with van der Waals surface area (Å²) in [6, 6.07) is 6.35. The van der Waals surface area contributed by atoms with E-state index in [0.717, 1.165) is 17.8 Å². The zero-order chi connectivity index (χ0) is 14.7. The average molecular weight is 275 g/mol. The van der Waals surface area contributed by atoms with Crippen molar-refractivity contribution in [3.05, 3.63) is 63.7 Å². The van der Waals surface area contributed by atoms with Gasteiger partial charge in [-0.1, -0.05) is 0 Å². The monoisotopic (exact) mass is 275 g/mol. The van der Waals surface area contributed by atoms with E-state index >= 15 is 0 Å². The molecule has 1 N–H and O–H groups in total. The summed E-state index contributed by atoms with van der Waals surface area (Å²) in [4.78, 5) is 25.5. The van der Waals surface area contributed by atoms with Crippen LogP contribution in [-0.4, -0.2) is 15.8 Å². The van der Waals surface area contributed by atoms with Crippen molar-refractivity contribution in [2.75, 3.05) is 5.32 Å². The summed E-state index contributed by atoms with van der Waals surface area (Å²) in [5, 5.41) is 13.0. The Morgan fingerprint density at radius 3 is 2.65 bits per heavy atom. The van der Waals surface area contributed by atoms with Gasteiger partial charge in [-0.2, -0.15) is 4.39 Å². The number of amides is 1. The Labute approximate surface area is 113 Å². The van der Waals surface area contributed by atoms with Gasteiger partial charge < -0.3 is 5.32 Å². The van der Waals surface area contributed by atoms with Gasteiger partial charge in [-0.25, -0.2) is 0 Å². The molecule has 0 bridgehead atoms. The normalized spacial score (nSPS) is 10.1. The molecule has 0 aliphatic heterocycles. The van der Waals surface area contributed by atoms with Gasteiger partial charge in [0.25, 0.3) is 5.91 Å². The number of nitrogens with zero attached hydrogens (tertiary/aromatic N) is 2. The summed E-state index contributed by atoms with van der Waals surface area (Å²) < 4.78 is 13.4. The number of hydrogen-bond donors (Lipinski definition) is 1. The van der Waals surface area contributed by atoms with Crippen molar-refractivity contribution in [1.29, 1.82) is 0 Å². The van der Waals surface area contributed by atoms with Gasteiger partial charge in [0, 0.05) is 17.3 Å². The van der Waals surface area contributed by atoms with E-state index in [1.807, 2.05) is 0 Å². The van der Waals surface area contributed by atoms with Crippen molar-refractivity contribution in [2.45, 2.75) is 6.92 Å². The predicted molar refractivity (Wildman–Crippen MR) is 70.0 cm³/mol. The van der Waals surface area contributed by atoms with E-state index in [1.54, 1.807) is 19.1 Å². The third-order valence-electron chi connectivity index (χ3n) is 2.58. The van der Waals surface area contributed by atoms with Crippen molar-refractivity contribution in [2.24, 2.45) is 0 Å². The van der Waals surface area contributed by atoms with Crippen LogP contribution in [0.3, 0.4) is 0 Å². The minimum Gasteiger partial charge on any atom is -0.321 e. The summed E-state index contributed by atoms with van der Waals surface area (Å²) in [6.45, 7) is 1.80. The van der Waals surface area contributed by atoms with Crippen molar-refractivity contribution >= 4 is 17.3 Å². The zero-order valence-electron chi connectivity index (χ0n) is 10.5. The Hall–Kier alpha value is -2.83. The second-order valence-electron chi connectivity index (χ2n) is 4.07. The highest BCUT2D eigenvalue weighted by atomic mass is 19.1. The highest BCUT2D eigenvalue weighted by Gasteiger charge is 2.16. The molecule has 0 spiro atoms. The predicted octanol–water partition coefficient (Wildman–Crippen LogP) is 2.69. The fourth-order valence-corrected chi connectivity index (χ4v) is 1.54. The van der Waals surface area contributed by atoms with E-state index in [0.29, 0.717) is 5.69 Å². The number of hydrogen-bond acceptors (Lipinski definition) is 4. The quantitative estimate of drug-likeness (QED) is 0.689. The molecule has 20 heavy (non-hydrogen) atoms. The lowest BCUT2D eigenvalue weighted by atomic mass is 10.2. The summed E-state index contributed by atoms with van der Waals surface area (Å²) in [5.74, 6) is -1.62. The molecule has 1 aromatic heterocycles. The molecule has 2 aromatic rings. The molecule has 6 nitrogen and oxygen atoms in total. The summed E-state index contributed by atoms with van der Waals surface area (Å²) in [5.41, 5.74) is 0.580. The number of anilines is 1. The number of rotatable bonds is 3. The maximum Gasteiger partial charge on any atom is 0.304 e. The van der Waals surface area contributed by atoms with Crippen LogP contribution in [0.25, 0.3) is 0 Å². The van der Waals surface area contributed by atoms with E-state index in [2.05, 4.69) is 10.3 Å². The minimum atomic E-state index is -1.05. The number of halogens is 1. The maximum absolute atomic E-state index is 13.4. The average Bonchev–Trinajstić information content (AvgIpc) is 2.40.